The second-order valence-corrected chi connectivity index (χ2v) is 2.99. The molecule has 0 N–H and O–H groups in total. The number of hydrogen-bond acceptors (Lipinski definition) is 1. The van der Waals surface area contributed by atoms with Gasteiger partial charge >= 0.3 is 0 Å². The SMILES string of the molecule is C#CC1COc2ccccc2C1. The molecule has 1 heterocycles. The summed E-state index contributed by atoms with van der Waals surface area (Å²) in [6.45, 7) is 0.660. The number of rotatable bonds is 0. The maximum Gasteiger partial charge on any atom is 0.122 e. The van der Waals surface area contributed by atoms with Crippen molar-refractivity contribution in [3.8, 4) is 18.1 Å². The fourth-order valence-electron chi connectivity index (χ4n) is 1.44. The Labute approximate surface area is 72.4 Å². The number of terminal acetylenes is 1. The van der Waals surface area contributed by atoms with Crippen molar-refractivity contribution in [1.82, 2.24) is 0 Å². The van der Waals surface area contributed by atoms with Gasteiger partial charge in [-0.2, -0.15) is 0 Å². The summed E-state index contributed by atoms with van der Waals surface area (Å²) in [5, 5.41) is 0. The molecule has 1 heteroatoms. The minimum Gasteiger partial charge on any atom is -0.492 e. The molecule has 1 aliphatic rings. The molecule has 0 saturated heterocycles. The summed E-state index contributed by atoms with van der Waals surface area (Å²) in [4.78, 5) is 0. The molecule has 1 aromatic rings. The third-order valence-corrected chi connectivity index (χ3v) is 2.11. The van der Waals surface area contributed by atoms with Gasteiger partial charge in [0.05, 0.1) is 5.92 Å². The zero-order chi connectivity index (χ0) is 8.39. The van der Waals surface area contributed by atoms with Crippen LogP contribution in [-0.4, -0.2) is 6.61 Å². The van der Waals surface area contributed by atoms with E-state index in [9.17, 15) is 0 Å². The van der Waals surface area contributed by atoms with Crippen LogP contribution in [0.1, 0.15) is 5.56 Å². The summed E-state index contributed by atoms with van der Waals surface area (Å²) in [6.07, 6.45) is 6.28. The van der Waals surface area contributed by atoms with Gasteiger partial charge in [0, 0.05) is 0 Å². The maximum atomic E-state index is 5.48. The second kappa shape index (κ2) is 2.91. The number of ether oxygens (including phenoxy) is 1. The standard InChI is InChI=1S/C11H10O/c1-2-9-7-10-5-3-4-6-11(10)12-8-9/h1,3-6,9H,7-8H2. The summed E-state index contributed by atoms with van der Waals surface area (Å²) >= 11 is 0. The highest BCUT2D eigenvalue weighted by molar-refractivity contribution is 5.36. The third kappa shape index (κ3) is 1.16. The Morgan fingerprint density at radius 1 is 1.42 bits per heavy atom. The maximum absolute atomic E-state index is 5.48. The van der Waals surface area contributed by atoms with E-state index in [0.717, 1.165) is 12.2 Å². The van der Waals surface area contributed by atoms with Gasteiger partial charge in [0.2, 0.25) is 0 Å². The normalized spacial score (nSPS) is 20.4. The highest BCUT2D eigenvalue weighted by Gasteiger charge is 2.16. The topological polar surface area (TPSA) is 9.23 Å². The summed E-state index contributed by atoms with van der Waals surface area (Å²) in [6, 6.07) is 8.05. The fraction of sp³-hybridized carbons (Fsp3) is 0.273. The largest absolute Gasteiger partial charge is 0.492 e. The smallest absolute Gasteiger partial charge is 0.122 e. The molecule has 0 aliphatic carbocycles. The van der Waals surface area contributed by atoms with Crippen molar-refractivity contribution in [2.45, 2.75) is 6.42 Å². The average Bonchev–Trinajstić information content (AvgIpc) is 2.17. The van der Waals surface area contributed by atoms with Crippen molar-refractivity contribution in [3.05, 3.63) is 29.8 Å². The van der Waals surface area contributed by atoms with Gasteiger partial charge in [-0.15, -0.1) is 6.42 Å². The lowest BCUT2D eigenvalue weighted by atomic mass is 9.98. The van der Waals surface area contributed by atoms with Crippen LogP contribution in [-0.2, 0) is 6.42 Å². The molecule has 0 aromatic heterocycles. The molecule has 1 aromatic carbocycles. The minimum atomic E-state index is 0.250. The molecule has 1 nitrogen and oxygen atoms in total. The summed E-state index contributed by atoms with van der Waals surface area (Å²) in [7, 11) is 0. The molecule has 0 amide bonds. The molecule has 1 atom stereocenters. The molecule has 0 saturated carbocycles. The Kier molecular flexibility index (Phi) is 1.75. The van der Waals surface area contributed by atoms with E-state index in [1.807, 2.05) is 18.2 Å². The first-order chi connectivity index (χ1) is 5.90. The van der Waals surface area contributed by atoms with Gasteiger partial charge in [-0.25, -0.2) is 0 Å². The Bertz CT molecular complexity index is 322. The van der Waals surface area contributed by atoms with Crippen LogP contribution in [0.15, 0.2) is 24.3 Å². The van der Waals surface area contributed by atoms with Gasteiger partial charge in [0.1, 0.15) is 12.4 Å². The van der Waals surface area contributed by atoms with Crippen LogP contribution >= 0.6 is 0 Å². The molecule has 1 unspecified atom stereocenters. The van der Waals surface area contributed by atoms with Crippen molar-refractivity contribution in [3.63, 3.8) is 0 Å². The van der Waals surface area contributed by atoms with Gasteiger partial charge < -0.3 is 4.74 Å². The van der Waals surface area contributed by atoms with Gasteiger partial charge in [0.15, 0.2) is 0 Å². The molecule has 2 rings (SSSR count). The lowest BCUT2D eigenvalue weighted by molar-refractivity contribution is 0.254. The van der Waals surface area contributed by atoms with E-state index in [0.29, 0.717) is 6.61 Å². The van der Waals surface area contributed by atoms with Crippen LogP contribution in [0.5, 0.6) is 5.75 Å². The third-order valence-electron chi connectivity index (χ3n) is 2.11. The first-order valence-corrected chi connectivity index (χ1v) is 4.07. The average molecular weight is 158 g/mol. The Balaban J connectivity index is 2.30. The van der Waals surface area contributed by atoms with Crippen LogP contribution in [0.4, 0.5) is 0 Å². The lowest BCUT2D eigenvalue weighted by Crippen LogP contribution is -2.18. The molecule has 12 heavy (non-hydrogen) atoms. The van der Waals surface area contributed by atoms with Gasteiger partial charge in [-0.3, -0.25) is 0 Å². The predicted molar refractivity (Wildman–Crippen MR) is 48.0 cm³/mol. The molecule has 0 bridgehead atoms. The second-order valence-electron chi connectivity index (χ2n) is 2.99. The summed E-state index contributed by atoms with van der Waals surface area (Å²) < 4.78 is 5.48. The molecule has 1 aliphatic heterocycles. The Morgan fingerprint density at radius 3 is 3.08 bits per heavy atom. The monoisotopic (exact) mass is 158 g/mol. The van der Waals surface area contributed by atoms with Crippen LogP contribution in [0.25, 0.3) is 0 Å². The minimum absolute atomic E-state index is 0.250. The molecular formula is C11H10O. The van der Waals surface area contributed by atoms with E-state index in [1.165, 1.54) is 5.56 Å². The van der Waals surface area contributed by atoms with E-state index in [2.05, 4.69) is 12.0 Å². The molecule has 0 fully saturated rings. The Hall–Kier alpha value is -1.42. The lowest BCUT2D eigenvalue weighted by Gasteiger charge is -2.21. The first-order valence-electron chi connectivity index (χ1n) is 4.07. The molecule has 60 valence electrons. The highest BCUT2D eigenvalue weighted by atomic mass is 16.5. The van der Waals surface area contributed by atoms with Crippen molar-refractivity contribution >= 4 is 0 Å². The van der Waals surface area contributed by atoms with Crippen molar-refractivity contribution in [2.24, 2.45) is 5.92 Å². The van der Waals surface area contributed by atoms with E-state index in [-0.39, 0.29) is 5.92 Å². The zero-order valence-electron chi connectivity index (χ0n) is 6.79. The van der Waals surface area contributed by atoms with Crippen LogP contribution in [0.2, 0.25) is 0 Å². The van der Waals surface area contributed by atoms with Crippen LogP contribution in [0, 0.1) is 18.3 Å². The molecular weight excluding hydrogens is 148 g/mol. The summed E-state index contributed by atoms with van der Waals surface area (Å²) in [5.74, 6) is 3.96. The zero-order valence-corrected chi connectivity index (χ0v) is 6.79. The number of benzene rings is 1. The fourth-order valence-corrected chi connectivity index (χ4v) is 1.44. The van der Waals surface area contributed by atoms with Crippen molar-refractivity contribution < 1.29 is 4.74 Å². The highest BCUT2D eigenvalue weighted by Crippen LogP contribution is 2.26. The van der Waals surface area contributed by atoms with E-state index < -0.39 is 0 Å². The number of fused-ring (bicyclic) bond motifs is 1. The van der Waals surface area contributed by atoms with Crippen LogP contribution in [0.3, 0.4) is 0 Å². The molecule has 0 spiro atoms. The first kappa shape index (κ1) is 7.24. The van der Waals surface area contributed by atoms with E-state index >= 15 is 0 Å². The predicted octanol–water partition coefficient (Wildman–Crippen LogP) is 1.87. The van der Waals surface area contributed by atoms with Gasteiger partial charge in [-0.1, -0.05) is 24.1 Å². The van der Waals surface area contributed by atoms with E-state index in [1.54, 1.807) is 0 Å². The van der Waals surface area contributed by atoms with Crippen molar-refractivity contribution in [2.75, 3.05) is 6.61 Å². The van der Waals surface area contributed by atoms with Crippen molar-refractivity contribution in [1.29, 1.82) is 0 Å². The van der Waals surface area contributed by atoms with Crippen LogP contribution < -0.4 is 4.74 Å². The van der Waals surface area contributed by atoms with E-state index in [4.69, 9.17) is 11.2 Å². The Morgan fingerprint density at radius 2 is 2.25 bits per heavy atom. The van der Waals surface area contributed by atoms with Gasteiger partial charge in [0.25, 0.3) is 0 Å². The quantitative estimate of drug-likeness (QED) is 0.524. The molecule has 0 radical (unpaired) electrons. The number of hydrogen-bond donors (Lipinski definition) is 0. The van der Waals surface area contributed by atoms with Gasteiger partial charge in [-0.05, 0) is 18.1 Å². The summed E-state index contributed by atoms with van der Waals surface area (Å²) in [5.41, 5.74) is 1.23. The number of para-hydroxylation sites is 1.